The van der Waals surface area contributed by atoms with Crippen LogP contribution in [0.15, 0.2) is 17.5 Å². The second-order valence-corrected chi connectivity index (χ2v) is 21.1. The van der Waals surface area contributed by atoms with Crippen molar-refractivity contribution in [2.75, 3.05) is 0 Å². The fourth-order valence-electron chi connectivity index (χ4n) is 1.27. The van der Waals surface area contributed by atoms with E-state index in [1.165, 1.54) is 0 Å². The minimum absolute atomic E-state index is 0.485. The first-order valence-electron chi connectivity index (χ1n) is 6.99. The third-order valence-electron chi connectivity index (χ3n) is 1.64. The van der Waals surface area contributed by atoms with Crippen molar-refractivity contribution in [3.63, 3.8) is 0 Å². The molecule has 0 heterocycles. The molecule has 0 unspecified atom stereocenters. The zero-order valence-corrected chi connectivity index (χ0v) is 17.6. The molecule has 0 rings (SSSR count). The van der Waals surface area contributed by atoms with Crippen molar-refractivity contribution in [3.05, 3.63) is 12.3 Å². The van der Waals surface area contributed by atoms with E-state index in [1.807, 2.05) is 0 Å². The molecule has 4 nitrogen and oxygen atoms in total. The average molecular weight is 334 g/mol. The number of hydrogen-bond donors (Lipinski definition) is 0. The quantitative estimate of drug-likeness (QED) is 0.222. The highest BCUT2D eigenvalue weighted by atomic mass is 28.4. The van der Waals surface area contributed by atoms with Crippen LogP contribution in [0.4, 0.5) is 0 Å². The van der Waals surface area contributed by atoms with Crippen LogP contribution in [0, 0.1) is 0 Å². The summed E-state index contributed by atoms with van der Waals surface area (Å²) in [6.07, 6.45) is 0.485. The zero-order chi connectivity index (χ0) is 16.2. The first-order valence-corrected chi connectivity index (χ1v) is 17.2. The summed E-state index contributed by atoms with van der Waals surface area (Å²) in [6.45, 7) is 23.0. The summed E-state index contributed by atoms with van der Waals surface area (Å²) < 4.78 is 17.5. The number of nitrogens with zero attached hydrogens (tertiary/aromatic N) is 1. The molecule has 7 heteroatoms. The molecule has 0 amide bonds. The summed E-state index contributed by atoms with van der Waals surface area (Å²) in [5.74, 6) is 1.30. The predicted molar refractivity (Wildman–Crippen MR) is 94.5 cm³/mol. The average Bonchev–Trinajstić information content (AvgIpc) is 2.06. The molecule has 0 aliphatic heterocycles. The maximum absolute atomic E-state index is 5.98. The summed E-state index contributed by atoms with van der Waals surface area (Å²) in [5, 5.41) is 4.22. The van der Waals surface area contributed by atoms with Crippen molar-refractivity contribution in [3.8, 4) is 0 Å². The van der Waals surface area contributed by atoms with Gasteiger partial charge in [0.1, 0.15) is 0 Å². The highest BCUT2D eigenvalue weighted by Gasteiger charge is 2.24. The van der Waals surface area contributed by atoms with Gasteiger partial charge in [-0.3, -0.25) is 0 Å². The van der Waals surface area contributed by atoms with Crippen LogP contribution in [-0.2, 0) is 13.4 Å². The van der Waals surface area contributed by atoms with Crippen molar-refractivity contribution in [1.82, 2.24) is 0 Å². The molecule has 0 atom stereocenters. The van der Waals surface area contributed by atoms with E-state index >= 15 is 0 Å². The van der Waals surface area contributed by atoms with Crippen LogP contribution in [-0.4, -0.2) is 30.8 Å². The van der Waals surface area contributed by atoms with E-state index < -0.39 is 25.0 Å². The molecule has 0 aromatic heterocycles. The zero-order valence-electron chi connectivity index (χ0n) is 14.6. The highest BCUT2D eigenvalue weighted by molar-refractivity contribution is 6.71. The lowest BCUT2D eigenvalue weighted by Crippen LogP contribution is -2.32. The molecule has 0 aromatic carbocycles. The molecule has 118 valence electrons. The van der Waals surface area contributed by atoms with Gasteiger partial charge in [-0.15, -0.1) is 0 Å². The molecule has 0 aliphatic carbocycles. The van der Waals surface area contributed by atoms with E-state index in [4.69, 9.17) is 13.4 Å². The molecule has 0 radical (unpaired) electrons. The van der Waals surface area contributed by atoms with Gasteiger partial charge >= 0.3 is 0 Å². The molecule has 0 aliphatic rings. The summed E-state index contributed by atoms with van der Waals surface area (Å²) in [6, 6.07) is 0. The topological polar surface area (TPSA) is 40.0 Å². The lowest BCUT2D eigenvalue weighted by atomic mass is 10.4. The lowest BCUT2D eigenvalue weighted by molar-refractivity contribution is 0.313. The molecular formula is C13H31NO3Si3. The number of oxime groups is 1. The van der Waals surface area contributed by atoms with Gasteiger partial charge in [-0.25, -0.2) is 0 Å². The summed E-state index contributed by atoms with van der Waals surface area (Å²) >= 11 is 0. The van der Waals surface area contributed by atoms with Crippen LogP contribution < -0.4 is 0 Å². The van der Waals surface area contributed by atoms with Crippen LogP contribution in [0.2, 0.25) is 58.9 Å². The molecular weight excluding hydrogens is 302 g/mol. The molecule has 0 bridgehead atoms. The first kappa shape index (κ1) is 19.5. The van der Waals surface area contributed by atoms with Crippen molar-refractivity contribution in [2.45, 2.75) is 65.3 Å². The minimum Gasteiger partial charge on any atom is -0.547 e. The smallest absolute Gasteiger partial charge is 0.278 e. The minimum atomic E-state index is -1.72. The Hall–Kier alpha value is -0.539. The van der Waals surface area contributed by atoms with Crippen LogP contribution in [0.3, 0.4) is 0 Å². The summed E-state index contributed by atoms with van der Waals surface area (Å²) in [7, 11) is -5.07. The standard InChI is InChI=1S/C13H31NO3Si3/c1-12(15-18(2,3)4)11-13(16-19(5,6)7)14-17-20(8,9)10/h1,11H2,2-10H3/b14-13+. The number of hydrogen-bond acceptors (Lipinski definition) is 4. The van der Waals surface area contributed by atoms with Crippen LogP contribution >= 0.6 is 0 Å². The Labute approximate surface area is 127 Å². The molecule has 0 spiro atoms. The van der Waals surface area contributed by atoms with E-state index in [-0.39, 0.29) is 0 Å². The van der Waals surface area contributed by atoms with Crippen LogP contribution in [0.5, 0.6) is 0 Å². The van der Waals surface area contributed by atoms with Gasteiger partial charge in [-0.1, -0.05) is 11.7 Å². The van der Waals surface area contributed by atoms with Crippen LogP contribution in [0.25, 0.3) is 0 Å². The van der Waals surface area contributed by atoms with Gasteiger partial charge in [0.2, 0.25) is 22.5 Å². The lowest BCUT2D eigenvalue weighted by Gasteiger charge is -2.25. The fourth-order valence-corrected chi connectivity index (χ4v) is 3.40. The molecule has 20 heavy (non-hydrogen) atoms. The van der Waals surface area contributed by atoms with Gasteiger partial charge in [0.15, 0.2) is 0 Å². The van der Waals surface area contributed by atoms with Gasteiger partial charge in [0.05, 0.1) is 12.2 Å². The van der Waals surface area contributed by atoms with E-state index in [0.717, 1.165) is 0 Å². The highest BCUT2D eigenvalue weighted by Crippen LogP contribution is 2.16. The monoisotopic (exact) mass is 333 g/mol. The third-order valence-corrected chi connectivity index (χ3v) is 4.03. The van der Waals surface area contributed by atoms with Crippen molar-refractivity contribution >= 4 is 30.8 Å². The summed E-state index contributed by atoms with van der Waals surface area (Å²) in [5.41, 5.74) is 0. The second-order valence-electron chi connectivity index (χ2n) is 7.83. The fraction of sp³-hybridized carbons (Fsp3) is 0.769. The van der Waals surface area contributed by atoms with Gasteiger partial charge in [0, 0.05) is 0 Å². The van der Waals surface area contributed by atoms with Gasteiger partial charge in [-0.05, 0) is 58.9 Å². The molecule has 0 aromatic rings. The van der Waals surface area contributed by atoms with Gasteiger partial charge in [0.25, 0.3) is 8.32 Å². The van der Waals surface area contributed by atoms with E-state index in [1.54, 1.807) is 0 Å². The molecule has 0 saturated heterocycles. The number of rotatable bonds is 7. The van der Waals surface area contributed by atoms with Crippen LogP contribution in [0.1, 0.15) is 6.42 Å². The van der Waals surface area contributed by atoms with E-state index in [2.05, 4.69) is 70.7 Å². The Morgan fingerprint density at radius 1 is 0.800 bits per heavy atom. The Balaban J connectivity index is 4.83. The van der Waals surface area contributed by atoms with Crippen molar-refractivity contribution < 1.29 is 13.4 Å². The molecule has 0 N–H and O–H groups in total. The van der Waals surface area contributed by atoms with Crippen molar-refractivity contribution in [1.29, 1.82) is 0 Å². The third kappa shape index (κ3) is 12.5. The van der Waals surface area contributed by atoms with Crippen molar-refractivity contribution in [2.24, 2.45) is 5.16 Å². The predicted octanol–water partition coefficient (Wildman–Crippen LogP) is 4.76. The molecule has 0 fully saturated rings. The SMILES string of the molecule is C=C(C/C(=N\O[Si](C)(C)C)O[Si](C)(C)C)O[Si](C)(C)C. The molecule has 0 saturated carbocycles. The normalized spacial score (nSPS) is 13.9. The maximum Gasteiger partial charge on any atom is 0.278 e. The Kier molecular flexibility index (Phi) is 6.76. The largest absolute Gasteiger partial charge is 0.547 e. The maximum atomic E-state index is 5.98. The Bertz CT molecular complexity index is 363. The summed E-state index contributed by atoms with van der Waals surface area (Å²) in [4.78, 5) is 0. The Morgan fingerprint density at radius 2 is 1.25 bits per heavy atom. The van der Waals surface area contributed by atoms with Gasteiger partial charge in [-0.2, -0.15) is 0 Å². The second kappa shape index (κ2) is 6.95. The van der Waals surface area contributed by atoms with E-state index in [9.17, 15) is 0 Å². The van der Waals surface area contributed by atoms with Gasteiger partial charge < -0.3 is 13.4 Å². The Morgan fingerprint density at radius 3 is 1.60 bits per heavy atom. The van der Waals surface area contributed by atoms with E-state index in [0.29, 0.717) is 18.1 Å². The first-order chi connectivity index (χ1) is 8.68.